The van der Waals surface area contributed by atoms with Gasteiger partial charge in [-0.1, -0.05) is 11.2 Å². The first kappa shape index (κ1) is 15.4. The van der Waals surface area contributed by atoms with Crippen molar-refractivity contribution in [1.29, 1.82) is 0 Å². The molecular weight excluding hydrogens is 294 g/mol. The maximum Gasteiger partial charge on any atom is 0.322 e. The largest absolute Gasteiger partial charge is 0.495 e. The quantitative estimate of drug-likeness (QED) is 0.938. The molecule has 1 fully saturated rings. The van der Waals surface area contributed by atoms with Crippen molar-refractivity contribution in [2.75, 3.05) is 19.0 Å². The first-order valence-corrected chi connectivity index (χ1v) is 7.74. The summed E-state index contributed by atoms with van der Waals surface area (Å²) in [5.74, 6) is 1.39. The van der Waals surface area contributed by atoms with Crippen molar-refractivity contribution in [2.45, 2.75) is 32.7 Å². The van der Waals surface area contributed by atoms with Gasteiger partial charge in [-0.05, 0) is 44.4 Å². The highest BCUT2D eigenvalue weighted by atomic mass is 16.5. The zero-order chi connectivity index (χ0) is 16.4. The molecule has 0 aliphatic carbocycles. The van der Waals surface area contributed by atoms with Gasteiger partial charge < -0.3 is 19.5 Å². The van der Waals surface area contributed by atoms with Crippen LogP contribution in [0.15, 0.2) is 28.8 Å². The molecule has 2 amide bonds. The second-order valence-electron chi connectivity index (χ2n) is 5.86. The summed E-state index contributed by atoms with van der Waals surface area (Å²) in [6.45, 7) is 4.55. The summed E-state index contributed by atoms with van der Waals surface area (Å²) in [5, 5.41) is 6.88. The van der Waals surface area contributed by atoms with E-state index in [9.17, 15) is 4.79 Å². The number of carbonyl (C=O) groups excluding carboxylic acids is 1. The number of carbonyl (C=O) groups is 1. The number of nitrogens with one attached hydrogen (secondary N) is 1. The number of amides is 2. The van der Waals surface area contributed by atoms with E-state index in [2.05, 4.69) is 10.5 Å². The molecule has 0 saturated carbocycles. The van der Waals surface area contributed by atoms with Gasteiger partial charge in [0.25, 0.3) is 0 Å². The Morgan fingerprint density at radius 2 is 2.22 bits per heavy atom. The van der Waals surface area contributed by atoms with Gasteiger partial charge in [0.2, 0.25) is 0 Å². The van der Waals surface area contributed by atoms with Crippen molar-refractivity contribution in [1.82, 2.24) is 10.1 Å². The standard InChI is InChI=1S/C17H21N3O3/c1-11-6-7-15(22-3)13(9-11)18-17(21)20-8-4-5-14(20)16-10-12(2)19-23-16/h6-7,9-10,14H,4-5,8H2,1-3H3,(H,18,21)/t14-/m1/s1. The minimum atomic E-state index is -0.148. The second kappa shape index (κ2) is 6.32. The number of nitrogens with zero attached hydrogens (tertiary/aromatic N) is 2. The summed E-state index contributed by atoms with van der Waals surface area (Å²) in [4.78, 5) is 14.5. The van der Waals surface area contributed by atoms with E-state index in [0.717, 1.165) is 29.9 Å². The average molecular weight is 315 g/mol. The molecule has 1 aliphatic heterocycles. The molecule has 1 aromatic heterocycles. The Morgan fingerprint density at radius 3 is 2.91 bits per heavy atom. The third kappa shape index (κ3) is 3.16. The van der Waals surface area contributed by atoms with E-state index in [1.165, 1.54) is 0 Å². The van der Waals surface area contributed by atoms with Crippen LogP contribution >= 0.6 is 0 Å². The summed E-state index contributed by atoms with van der Waals surface area (Å²) in [5.41, 5.74) is 2.56. The number of hydrogen-bond donors (Lipinski definition) is 1. The van der Waals surface area contributed by atoms with Gasteiger partial charge in [-0.2, -0.15) is 0 Å². The van der Waals surface area contributed by atoms with E-state index in [-0.39, 0.29) is 12.1 Å². The lowest BCUT2D eigenvalue weighted by atomic mass is 10.1. The molecular formula is C17H21N3O3. The average Bonchev–Trinajstić information content (AvgIpc) is 3.15. The molecule has 2 heterocycles. The molecule has 1 aromatic carbocycles. The van der Waals surface area contributed by atoms with Crippen molar-refractivity contribution < 1.29 is 14.1 Å². The van der Waals surface area contributed by atoms with Crippen molar-refractivity contribution in [2.24, 2.45) is 0 Å². The van der Waals surface area contributed by atoms with E-state index >= 15 is 0 Å². The number of aryl methyl sites for hydroxylation is 2. The van der Waals surface area contributed by atoms with Gasteiger partial charge in [-0.3, -0.25) is 0 Å². The van der Waals surface area contributed by atoms with Crippen molar-refractivity contribution in [3.05, 3.63) is 41.3 Å². The molecule has 0 bridgehead atoms. The van der Waals surface area contributed by atoms with Crippen LogP contribution in [0.4, 0.5) is 10.5 Å². The van der Waals surface area contributed by atoms with Crippen molar-refractivity contribution >= 4 is 11.7 Å². The SMILES string of the molecule is COc1ccc(C)cc1NC(=O)N1CCC[C@@H]1c1cc(C)no1. The number of urea groups is 1. The van der Waals surface area contributed by atoms with Crippen LogP contribution in [0.5, 0.6) is 5.75 Å². The van der Waals surface area contributed by atoms with Gasteiger partial charge in [0.15, 0.2) is 5.76 Å². The van der Waals surface area contributed by atoms with Crippen LogP contribution in [0.3, 0.4) is 0 Å². The van der Waals surface area contributed by atoms with E-state index in [1.807, 2.05) is 38.1 Å². The van der Waals surface area contributed by atoms with Gasteiger partial charge in [0, 0.05) is 12.6 Å². The smallest absolute Gasteiger partial charge is 0.322 e. The molecule has 6 heteroatoms. The highest BCUT2D eigenvalue weighted by molar-refractivity contribution is 5.91. The molecule has 6 nitrogen and oxygen atoms in total. The normalized spacial score (nSPS) is 17.3. The van der Waals surface area contributed by atoms with Crippen molar-refractivity contribution in [3.63, 3.8) is 0 Å². The molecule has 122 valence electrons. The Morgan fingerprint density at radius 1 is 1.39 bits per heavy atom. The fourth-order valence-corrected chi connectivity index (χ4v) is 2.95. The molecule has 3 rings (SSSR count). The number of aromatic nitrogens is 1. The number of hydrogen-bond acceptors (Lipinski definition) is 4. The highest BCUT2D eigenvalue weighted by Crippen LogP contribution is 2.33. The van der Waals surface area contributed by atoms with Crippen LogP contribution in [0.25, 0.3) is 0 Å². The molecule has 2 aromatic rings. The molecule has 0 radical (unpaired) electrons. The van der Waals surface area contributed by atoms with E-state index in [1.54, 1.807) is 12.0 Å². The molecule has 1 N–H and O–H groups in total. The molecule has 1 saturated heterocycles. The van der Waals surface area contributed by atoms with Crippen LogP contribution in [0.1, 0.15) is 35.9 Å². The topological polar surface area (TPSA) is 67.6 Å². The first-order chi connectivity index (χ1) is 11.1. The number of ether oxygens (including phenoxy) is 1. The first-order valence-electron chi connectivity index (χ1n) is 7.74. The molecule has 1 aliphatic rings. The Labute approximate surface area is 135 Å². The zero-order valence-corrected chi connectivity index (χ0v) is 13.6. The zero-order valence-electron chi connectivity index (χ0n) is 13.6. The molecule has 23 heavy (non-hydrogen) atoms. The maximum atomic E-state index is 12.7. The Balaban J connectivity index is 1.79. The lowest BCUT2D eigenvalue weighted by Crippen LogP contribution is -2.34. The van der Waals surface area contributed by atoms with Gasteiger partial charge in [0.05, 0.1) is 24.5 Å². The maximum absolute atomic E-state index is 12.7. The van der Waals surface area contributed by atoms with Gasteiger partial charge in [-0.15, -0.1) is 0 Å². The van der Waals surface area contributed by atoms with Crippen LogP contribution in [-0.2, 0) is 0 Å². The number of benzene rings is 1. The second-order valence-corrected chi connectivity index (χ2v) is 5.86. The lowest BCUT2D eigenvalue weighted by Gasteiger charge is -2.23. The number of anilines is 1. The summed E-state index contributed by atoms with van der Waals surface area (Å²) in [7, 11) is 1.59. The van der Waals surface area contributed by atoms with Gasteiger partial charge in [-0.25, -0.2) is 4.79 Å². The van der Waals surface area contributed by atoms with E-state index in [4.69, 9.17) is 9.26 Å². The van der Waals surface area contributed by atoms with Crippen molar-refractivity contribution in [3.8, 4) is 5.75 Å². The van der Waals surface area contributed by atoms with E-state index in [0.29, 0.717) is 18.0 Å². The van der Waals surface area contributed by atoms with Crippen LogP contribution < -0.4 is 10.1 Å². The highest BCUT2D eigenvalue weighted by Gasteiger charge is 2.33. The van der Waals surface area contributed by atoms with E-state index < -0.39 is 0 Å². The van der Waals surface area contributed by atoms with Crippen LogP contribution in [-0.4, -0.2) is 29.7 Å². The summed E-state index contributed by atoms with van der Waals surface area (Å²) < 4.78 is 10.7. The number of likely N-dealkylation sites (tertiary alicyclic amines) is 1. The minimum Gasteiger partial charge on any atom is -0.495 e. The summed E-state index contributed by atoms with van der Waals surface area (Å²) in [6, 6.07) is 7.39. The third-order valence-corrected chi connectivity index (χ3v) is 4.08. The van der Waals surface area contributed by atoms with Crippen LogP contribution in [0.2, 0.25) is 0 Å². The summed E-state index contributed by atoms with van der Waals surface area (Å²) in [6.07, 6.45) is 1.83. The monoisotopic (exact) mass is 315 g/mol. The Bertz CT molecular complexity index is 711. The predicted molar refractivity (Wildman–Crippen MR) is 86.7 cm³/mol. The number of rotatable bonds is 3. The van der Waals surface area contributed by atoms with Crippen LogP contribution in [0, 0.1) is 13.8 Å². The summed E-state index contributed by atoms with van der Waals surface area (Å²) >= 11 is 0. The minimum absolute atomic E-state index is 0.0630. The fourth-order valence-electron chi connectivity index (χ4n) is 2.95. The van der Waals surface area contributed by atoms with Gasteiger partial charge in [0.1, 0.15) is 5.75 Å². The Hall–Kier alpha value is -2.50. The fraction of sp³-hybridized carbons (Fsp3) is 0.412. The third-order valence-electron chi connectivity index (χ3n) is 4.08. The predicted octanol–water partition coefficient (Wildman–Crippen LogP) is 3.67. The lowest BCUT2D eigenvalue weighted by molar-refractivity contribution is 0.195. The van der Waals surface area contributed by atoms with Gasteiger partial charge >= 0.3 is 6.03 Å². The molecule has 0 spiro atoms. The molecule has 1 atom stereocenters. The Kier molecular flexibility index (Phi) is 4.23. The number of methoxy groups -OCH3 is 1. The molecule has 0 unspecified atom stereocenters.